The van der Waals surface area contributed by atoms with E-state index in [1.165, 1.54) is 83.5 Å². The van der Waals surface area contributed by atoms with E-state index < -0.39 is 0 Å². The van der Waals surface area contributed by atoms with E-state index in [1.807, 2.05) is 0 Å². The first-order chi connectivity index (χ1) is 12.9. The summed E-state index contributed by atoms with van der Waals surface area (Å²) in [4.78, 5) is 0. The fourth-order valence-corrected chi connectivity index (χ4v) is 6.11. The van der Waals surface area contributed by atoms with Gasteiger partial charge in [0.2, 0.25) is 0 Å². The number of thioether (sulfide) groups is 1. The van der Waals surface area contributed by atoms with Gasteiger partial charge in [0.15, 0.2) is 0 Å². The Bertz CT molecular complexity index is 269. The van der Waals surface area contributed by atoms with Crippen molar-refractivity contribution in [3.05, 3.63) is 0 Å². The highest BCUT2D eigenvalue weighted by atomic mass is 32.2. The Morgan fingerprint density at radius 3 is 1.63 bits per heavy atom. The molecule has 0 radical (unpaired) electrons. The van der Waals surface area contributed by atoms with Crippen LogP contribution in [0.4, 0.5) is 0 Å². The minimum Gasteiger partial charge on any atom is -0.376 e. The third-order valence-electron chi connectivity index (χ3n) is 5.81. The molecular weight excluding hydrogens is 348 g/mol. The van der Waals surface area contributed by atoms with Crippen molar-refractivity contribution in [2.45, 2.75) is 148 Å². The number of hydrogen-bond acceptors (Lipinski definition) is 2. The molecule has 3 aliphatic rings. The van der Waals surface area contributed by atoms with Gasteiger partial charge in [0.05, 0.1) is 12.2 Å². The van der Waals surface area contributed by atoms with Gasteiger partial charge in [0, 0.05) is 5.25 Å². The fraction of sp³-hybridized carbons (Fsp3) is 1.00. The molecule has 0 aliphatic heterocycles. The monoisotopic (exact) mass is 398 g/mol. The van der Waals surface area contributed by atoms with Crippen molar-refractivity contribution in [1.82, 2.24) is 0 Å². The highest BCUT2D eigenvalue weighted by molar-refractivity contribution is 8.00. The summed E-state index contributed by atoms with van der Waals surface area (Å²) in [6, 6.07) is 0. The highest BCUT2D eigenvalue weighted by Gasteiger charge is 2.17. The average Bonchev–Trinajstić information content (AvgIpc) is 3.30. The van der Waals surface area contributed by atoms with E-state index in [4.69, 9.17) is 4.74 Å². The van der Waals surface area contributed by atoms with Gasteiger partial charge in [-0.3, -0.25) is 0 Å². The lowest BCUT2D eigenvalue weighted by molar-refractivity contribution is 0.0126. The molecule has 0 N–H and O–H groups in total. The zero-order chi connectivity index (χ0) is 20.1. The first-order valence-corrected chi connectivity index (χ1v) is 13.1. The van der Waals surface area contributed by atoms with E-state index in [0.29, 0.717) is 12.2 Å². The molecule has 27 heavy (non-hydrogen) atoms. The van der Waals surface area contributed by atoms with Crippen LogP contribution in [0.25, 0.3) is 0 Å². The molecule has 0 atom stereocenters. The standard InChI is InChI=1S/C9H18.C8H16O.C8H16S/c1-8(2)7-9-5-3-4-6-9;2*1-7(2)9-8-5-3-4-6-8/h8-9H,3-7H2,1-2H3;2*7-8H,3-6H2,1-2H3. The quantitative estimate of drug-likeness (QED) is 0.442. The molecule has 3 saturated carbocycles. The molecule has 0 saturated heterocycles. The van der Waals surface area contributed by atoms with Crippen molar-refractivity contribution in [2.75, 3.05) is 0 Å². The van der Waals surface area contributed by atoms with Gasteiger partial charge >= 0.3 is 0 Å². The van der Waals surface area contributed by atoms with Gasteiger partial charge in [0.25, 0.3) is 0 Å². The van der Waals surface area contributed by atoms with Crippen molar-refractivity contribution < 1.29 is 4.74 Å². The van der Waals surface area contributed by atoms with Crippen LogP contribution < -0.4 is 0 Å². The Kier molecular flexibility index (Phi) is 14.3. The van der Waals surface area contributed by atoms with Crippen LogP contribution in [-0.4, -0.2) is 22.7 Å². The maximum absolute atomic E-state index is 5.61. The first-order valence-electron chi connectivity index (χ1n) is 12.2. The second-order valence-electron chi connectivity index (χ2n) is 9.96. The van der Waals surface area contributed by atoms with Gasteiger partial charge < -0.3 is 4.74 Å². The van der Waals surface area contributed by atoms with E-state index in [-0.39, 0.29) is 0 Å². The molecule has 0 unspecified atom stereocenters. The summed E-state index contributed by atoms with van der Waals surface area (Å²) < 4.78 is 5.61. The minimum absolute atomic E-state index is 0.424. The van der Waals surface area contributed by atoms with Crippen LogP contribution >= 0.6 is 11.8 Å². The second-order valence-corrected chi connectivity index (χ2v) is 11.8. The van der Waals surface area contributed by atoms with Crippen LogP contribution in [0.5, 0.6) is 0 Å². The summed E-state index contributed by atoms with van der Waals surface area (Å²) in [6.45, 7) is 13.5. The van der Waals surface area contributed by atoms with Gasteiger partial charge in [-0.1, -0.05) is 79.1 Å². The largest absolute Gasteiger partial charge is 0.376 e. The van der Waals surface area contributed by atoms with E-state index in [2.05, 4.69) is 53.3 Å². The van der Waals surface area contributed by atoms with E-state index in [1.54, 1.807) is 0 Å². The molecule has 0 bridgehead atoms. The third kappa shape index (κ3) is 14.0. The number of ether oxygens (including phenoxy) is 1. The SMILES string of the molecule is CC(C)CC1CCCC1.CC(C)OC1CCCC1.CC(C)SC1CCCC1. The molecular formula is C25H50OS. The smallest absolute Gasteiger partial charge is 0.0578 e. The third-order valence-corrected chi connectivity index (χ3v) is 7.21. The highest BCUT2D eigenvalue weighted by Crippen LogP contribution is 2.31. The lowest BCUT2D eigenvalue weighted by atomic mass is 9.96. The Morgan fingerprint density at radius 1 is 0.704 bits per heavy atom. The van der Waals surface area contributed by atoms with Gasteiger partial charge in [-0.2, -0.15) is 11.8 Å². The van der Waals surface area contributed by atoms with Gasteiger partial charge in [0.1, 0.15) is 0 Å². The molecule has 0 aromatic carbocycles. The predicted octanol–water partition coefficient (Wildman–Crippen LogP) is 8.65. The molecule has 3 fully saturated rings. The van der Waals surface area contributed by atoms with Crippen molar-refractivity contribution in [3.8, 4) is 0 Å². The fourth-order valence-electron chi connectivity index (χ4n) is 4.73. The van der Waals surface area contributed by atoms with Crippen LogP contribution in [-0.2, 0) is 4.74 Å². The van der Waals surface area contributed by atoms with Crippen molar-refractivity contribution >= 4 is 11.8 Å². The van der Waals surface area contributed by atoms with Crippen molar-refractivity contribution in [3.63, 3.8) is 0 Å². The molecule has 1 nitrogen and oxygen atoms in total. The molecule has 0 heterocycles. The molecule has 2 heteroatoms. The summed E-state index contributed by atoms with van der Waals surface area (Å²) >= 11 is 2.16. The Balaban J connectivity index is 0.000000202. The van der Waals surface area contributed by atoms with Crippen LogP contribution in [0.3, 0.4) is 0 Å². The number of hydrogen-bond donors (Lipinski definition) is 0. The average molecular weight is 399 g/mol. The maximum Gasteiger partial charge on any atom is 0.0578 e. The van der Waals surface area contributed by atoms with Gasteiger partial charge in [-0.15, -0.1) is 0 Å². The summed E-state index contributed by atoms with van der Waals surface area (Å²) in [5.41, 5.74) is 0. The topological polar surface area (TPSA) is 9.23 Å². The van der Waals surface area contributed by atoms with Crippen LogP contribution in [0.2, 0.25) is 0 Å². The van der Waals surface area contributed by atoms with E-state index >= 15 is 0 Å². The summed E-state index contributed by atoms with van der Waals surface area (Å²) in [7, 11) is 0. The number of rotatable bonds is 6. The second kappa shape index (κ2) is 15.2. The van der Waals surface area contributed by atoms with Crippen LogP contribution in [0.15, 0.2) is 0 Å². The summed E-state index contributed by atoms with van der Waals surface area (Å²) in [5, 5.41) is 1.85. The van der Waals surface area contributed by atoms with E-state index in [9.17, 15) is 0 Å². The Morgan fingerprint density at radius 2 is 1.19 bits per heavy atom. The Hall–Kier alpha value is 0.310. The maximum atomic E-state index is 5.61. The summed E-state index contributed by atoms with van der Waals surface area (Å²) in [5.74, 6) is 2.01. The molecule has 0 aromatic rings. The zero-order valence-corrected chi connectivity index (χ0v) is 20.3. The molecule has 3 rings (SSSR count). The van der Waals surface area contributed by atoms with Gasteiger partial charge in [-0.05, 0) is 63.0 Å². The Labute approximate surface area is 176 Å². The zero-order valence-electron chi connectivity index (χ0n) is 19.5. The van der Waals surface area contributed by atoms with Gasteiger partial charge in [-0.25, -0.2) is 0 Å². The van der Waals surface area contributed by atoms with Crippen LogP contribution in [0, 0.1) is 11.8 Å². The first kappa shape index (κ1) is 25.3. The lowest BCUT2D eigenvalue weighted by Crippen LogP contribution is -2.13. The van der Waals surface area contributed by atoms with Crippen LogP contribution in [0.1, 0.15) is 125 Å². The molecule has 162 valence electrons. The van der Waals surface area contributed by atoms with Crippen molar-refractivity contribution in [1.29, 1.82) is 0 Å². The summed E-state index contributed by atoms with van der Waals surface area (Å²) in [6.07, 6.45) is 19.7. The molecule has 0 spiro atoms. The lowest BCUT2D eigenvalue weighted by Gasteiger charge is -2.13. The molecule has 0 amide bonds. The van der Waals surface area contributed by atoms with Crippen molar-refractivity contribution in [2.24, 2.45) is 11.8 Å². The van der Waals surface area contributed by atoms with E-state index in [0.717, 1.165) is 22.3 Å². The minimum atomic E-state index is 0.424. The molecule has 0 aromatic heterocycles. The molecule has 3 aliphatic carbocycles. The normalized spacial score (nSPS) is 21.7. The predicted molar refractivity (Wildman–Crippen MR) is 125 cm³/mol.